The van der Waals surface area contributed by atoms with Crippen molar-refractivity contribution in [1.82, 2.24) is 5.32 Å². The minimum atomic E-state index is -0.435. The standard InChI is InChI=1S/C14H18FNO3/c1-9-12(4-5-19-9)14(18)16-7-10-2-3-13(15)11(6-10)8-17/h2-3,6,9,12,17H,4-5,7-8H2,1H3,(H,16,18). The van der Waals surface area contributed by atoms with Crippen molar-refractivity contribution in [2.45, 2.75) is 32.6 Å². The average Bonchev–Trinajstić information content (AvgIpc) is 2.83. The highest BCUT2D eigenvalue weighted by molar-refractivity contribution is 5.79. The minimum absolute atomic E-state index is 0.0418. The zero-order valence-electron chi connectivity index (χ0n) is 10.9. The predicted molar refractivity (Wildman–Crippen MR) is 67.7 cm³/mol. The van der Waals surface area contributed by atoms with E-state index >= 15 is 0 Å². The maximum Gasteiger partial charge on any atom is 0.226 e. The van der Waals surface area contributed by atoms with Crippen molar-refractivity contribution in [1.29, 1.82) is 0 Å². The van der Waals surface area contributed by atoms with Gasteiger partial charge in [-0.1, -0.05) is 6.07 Å². The molecule has 5 heteroatoms. The second kappa shape index (κ2) is 6.12. The third kappa shape index (κ3) is 3.30. The lowest BCUT2D eigenvalue weighted by Crippen LogP contribution is -2.33. The Kier molecular flexibility index (Phi) is 4.50. The van der Waals surface area contributed by atoms with E-state index in [2.05, 4.69) is 5.32 Å². The van der Waals surface area contributed by atoms with Crippen LogP contribution in [-0.4, -0.2) is 23.7 Å². The topological polar surface area (TPSA) is 58.6 Å². The number of benzene rings is 1. The van der Waals surface area contributed by atoms with E-state index in [-0.39, 0.29) is 30.1 Å². The Labute approximate surface area is 111 Å². The smallest absolute Gasteiger partial charge is 0.226 e. The van der Waals surface area contributed by atoms with Crippen molar-refractivity contribution in [2.75, 3.05) is 6.61 Å². The van der Waals surface area contributed by atoms with E-state index in [1.54, 1.807) is 12.1 Å². The zero-order valence-corrected chi connectivity index (χ0v) is 10.9. The van der Waals surface area contributed by atoms with Crippen LogP contribution in [0, 0.1) is 11.7 Å². The van der Waals surface area contributed by atoms with Gasteiger partial charge in [0.1, 0.15) is 5.82 Å². The van der Waals surface area contributed by atoms with Crippen molar-refractivity contribution >= 4 is 5.91 Å². The van der Waals surface area contributed by atoms with E-state index in [9.17, 15) is 9.18 Å². The molecule has 2 unspecified atom stereocenters. The summed E-state index contributed by atoms with van der Waals surface area (Å²) in [6.45, 7) is 2.49. The second-order valence-corrected chi connectivity index (χ2v) is 4.77. The Balaban J connectivity index is 1.93. The molecule has 104 valence electrons. The number of halogens is 1. The number of nitrogens with one attached hydrogen (secondary N) is 1. The molecule has 1 heterocycles. The number of ether oxygens (including phenoxy) is 1. The second-order valence-electron chi connectivity index (χ2n) is 4.77. The van der Waals surface area contributed by atoms with Crippen molar-refractivity contribution < 1.29 is 19.0 Å². The van der Waals surface area contributed by atoms with Gasteiger partial charge in [0.15, 0.2) is 0 Å². The van der Waals surface area contributed by atoms with E-state index < -0.39 is 5.82 Å². The fourth-order valence-electron chi connectivity index (χ4n) is 2.26. The molecule has 1 fully saturated rings. The molecule has 0 radical (unpaired) electrons. The van der Waals surface area contributed by atoms with Crippen LogP contribution in [0.2, 0.25) is 0 Å². The van der Waals surface area contributed by atoms with Crippen molar-refractivity contribution in [3.63, 3.8) is 0 Å². The van der Waals surface area contributed by atoms with Crippen LogP contribution in [0.15, 0.2) is 18.2 Å². The van der Waals surface area contributed by atoms with Gasteiger partial charge in [0.25, 0.3) is 0 Å². The fraction of sp³-hybridized carbons (Fsp3) is 0.500. The van der Waals surface area contributed by atoms with Crippen LogP contribution < -0.4 is 5.32 Å². The molecule has 19 heavy (non-hydrogen) atoms. The first-order chi connectivity index (χ1) is 9.11. The third-order valence-electron chi connectivity index (χ3n) is 3.46. The summed E-state index contributed by atoms with van der Waals surface area (Å²) < 4.78 is 18.5. The summed E-state index contributed by atoms with van der Waals surface area (Å²) in [5, 5.41) is 11.8. The van der Waals surface area contributed by atoms with Gasteiger partial charge in [-0.2, -0.15) is 0 Å². The first-order valence-corrected chi connectivity index (χ1v) is 6.39. The monoisotopic (exact) mass is 267 g/mol. The first-order valence-electron chi connectivity index (χ1n) is 6.39. The quantitative estimate of drug-likeness (QED) is 0.866. The number of aliphatic hydroxyl groups excluding tert-OH is 1. The van der Waals surface area contributed by atoms with Gasteiger partial charge >= 0.3 is 0 Å². The molecule has 1 aliphatic rings. The largest absolute Gasteiger partial charge is 0.392 e. The highest BCUT2D eigenvalue weighted by Crippen LogP contribution is 2.20. The van der Waals surface area contributed by atoms with Crippen LogP contribution in [0.1, 0.15) is 24.5 Å². The van der Waals surface area contributed by atoms with Crippen LogP contribution in [0.25, 0.3) is 0 Å². The maximum atomic E-state index is 13.2. The number of rotatable bonds is 4. The molecule has 0 aliphatic carbocycles. The molecule has 0 spiro atoms. The van der Waals surface area contributed by atoms with E-state index in [1.807, 2.05) is 6.92 Å². The number of amides is 1. The summed E-state index contributed by atoms with van der Waals surface area (Å²) in [5.74, 6) is -0.590. The first kappa shape index (κ1) is 14.0. The number of hydrogen-bond acceptors (Lipinski definition) is 3. The summed E-state index contributed by atoms with van der Waals surface area (Å²) >= 11 is 0. The van der Waals surface area contributed by atoms with Crippen LogP contribution in [0.4, 0.5) is 4.39 Å². The van der Waals surface area contributed by atoms with Gasteiger partial charge in [-0.25, -0.2) is 4.39 Å². The highest BCUT2D eigenvalue weighted by atomic mass is 19.1. The number of carbonyl (C=O) groups excluding carboxylic acids is 1. The minimum Gasteiger partial charge on any atom is -0.392 e. The maximum absolute atomic E-state index is 13.2. The van der Waals surface area contributed by atoms with Crippen molar-refractivity contribution in [3.05, 3.63) is 35.1 Å². The Morgan fingerprint density at radius 3 is 3.00 bits per heavy atom. The SMILES string of the molecule is CC1OCCC1C(=O)NCc1ccc(F)c(CO)c1. The lowest BCUT2D eigenvalue weighted by molar-refractivity contribution is -0.126. The van der Waals surface area contributed by atoms with E-state index in [1.165, 1.54) is 6.07 Å². The lowest BCUT2D eigenvalue weighted by atomic mass is 10.0. The third-order valence-corrected chi connectivity index (χ3v) is 3.46. The van der Waals surface area contributed by atoms with Gasteiger partial charge in [0, 0.05) is 18.7 Å². The summed E-state index contributed by atoms with van der Waals surface area (Å²) in [6.07, 6.45) is 0.680. The van der Waals surface area contributed by atoms with Crippen LogP contribution >= 0.6 is 0 Å². The molecule has 1 aliphatic heterocycles. The predicted octanol–water partition coefficient (Wildman–Crippen LogP) is 1.36. The summed E-state index contributed by atoms with van der Waals surface area (Å²) in [6, 6.07) is 4.46. The van der Waals surface area contributed by atoms with Gasteiger partial charge in [0.2, 0.25) is 5.91 Å². The molecule has 2 N–H and O–H groups in total. The van der Waals surface area contributed by atoms with Gasteiger partial charge in [0.05, 0.1) is 18.6 Å². The Bertz CT molecular complexity index is 464. The molecular formula is C14H18FNO3. The van der Waals surface area contributed by atoms with Crippen LogP contribution in [0.5, 0.6) is 0 Å². The molecule has 1 aromatic rings. The van der Waals surface area contributed by atoms with Gasteiger partial charge in [-0.15, -0.1) is 0 Å². The zero-order chi connectivity index (χ0) is 13.8. The van der Waals surface area contributed by atoms with Crippen molar-refractivity contribution in [2.24, 2.45) is 5.92 Å². The van der Waals surface area contributed by atoms with Crippen LogP contribution in [-0.2, 0) is 22.7 Å². The Hall–Kier alpha value is -1.46. The Morgan fingerprint density at radius 2 is 2.37 bits per heavy atom. The average molecular weight is 267 g/mol. The van der Waals surface area contributed by atoms with E-state index in [4.69, 9.17) is 9.84 Å². The van der Waals surface area contributed by atoms with Gasteiger partial charge < -0.3 is 15.2 Å². The fourth-order valence-corrected chi connectivity index (χ4v) is 2.26. The summed E-state index contributed by atoms with van der Waals surface area (Å²) in [7, 11) is 0. The summed E-state index contributed by atoms with van der Waals surface area (Å²) in [5.41, 5.74) is 1.01. The lowest BCUT2D eigenvalue weighted by Gasteiger charge is -2.14. The van der Waals surface area contributed by atoms with Gasteiger partial charge in [-0.3, -0.25) is 4.79 Å². The molecule has 1 aromatic carbocycles. The molecule has 0 saturated carbocycles. The molecule has 0 aromatic heterocycles. The highest BCUT2D eigenvalue weighted by Gasteiger charge is 2.30. The molecule has 2 rings (SSSR count). The molecule has 1 saturated heterocycles. The van der Waals surface area contributed by atoms with Crippen molar-refractivity contribution in [3.8, 4) is 0 Å². The number of carbonyl (C=O) groups is 1. The van der Waals surface area contributed by atoms with Crippen LogP contribution in [0.3, 0.4) is 0 Å². The molecule has 1 amide bonds. The molecule has 2 atom stereocenters. The number of hydrogen-bond donors (Lipinski definition) is 2. The summed E-state index contributed by atoms with van der Waals surface area (Å²) in [4.78, 5) is 11.9. The Morgan fingerprint density at radius 1 is 1.58 bits per heavy atom. The molecular weight excluding hydrogens is 249 g/mol. The van der Waals surface area contributed by atoms with E-state index in [0.29, 0.717) is 13.2 Å². The van der Waals surface area contributed by atoms with E-state index in [0.717, 1.165) is 12.0 Å². The normalized spacial score (nSPS) is 22.5. The number of aliphatic hydroxyl groups is 1. The molecule has 4 nitrogen and oxygen atoms in total. The molecule has 0 bridgehead atoms. The van der Waals surface area contributed by atoms with Gasteiger partial charge in [-0.05, 0) is 31.0 Å².